The molecule has 0 aliphatic carbocycles. The van der Waals surface area contributed by atoms with Gasteiger partial charge in [0.1, 0.15) is 6.10 Å². The van der Waals surface area contributed by atoms with E-state index in [4.69, 9.17) is 33.2 Å². The van der Waals surface area contributed by atoms with Crippen LogP contribution >= 0.6 is 0 Å². The smallest absolute Gasteiger partial charge is 0.549 e. The molecule has 0 aromatic rings. The zero-order valence-corrected chi connectivity index (χ0v) is 26.2. The molecule has 6 atom stereocenters. The van der Waals surface area contributed by atoms with E-state index in [9.17, 15) is 24.9 Å². The first-order valence-electron chi connectivity index (χ1n) is 11.0. The molecule has 36 heavy (non-hydrogen) atoms. The van der Waals surface area contributed by atoms with Gasteiger partial charge in [-0.3, -0.25) is 4.90 Å². The van der Waals surface area contributed by atoms with Crippen molar-refractivity contribution in [3.05, 3.63) is 0 Å². The number of hydrogen-bond donors (Lipinski definition) is 1. The van der Waals surface area contributed by atoms with Gasteiger partial charge in [0.05, 0.1) is 69.9 Å². The van der Waals surface area contributed by atoms with E-state index in [-0.39, 0.29) is 90.9 Å². The molecule has 1 aliphatic rings. The second kappa shape index (κ2) is 22.4. The van der Waals surface area contributed by atoms with E-state index in [1.165, 1.54) is 14.2 Å². The minimum Gasteiger partial charge on any atom is -0.549 e. The zero-order valence-electron chi connectivity index (χ0n) is 22.2. The molecule has 0 radical (unpaired) electrons. The van der Waals surface area contributed by atoms with Gasteiger partial charge in [-0.1, -0.05) is 6.92 Å². The maximum absolute atomic E-state index is 10.8. The number of ether oxygens (including phenoxy) is 7. The second-order valence-corrected chi connectivity index (χ2v) is 7.88. The molecule has 0 amide bonds. The second-order valence-electron chi connectivity index (χ2n) is 7.88. The summed E-state index contributed by atoms with van der Waals surface area (Å²) in [7, 11) is 4.62. The maximum atomic E-state index is 10.8. The monoisotopic (exact) mass is 541 g/mol. The molecule has 15 heteroatoms. The molecule has 0 spiro atoms. The predicted octanol–water partition coefficient (Wildman–Crippen LogP) is -9.76. The van der Waals surface area contributed by atoms with E-state index >= 15 is 0 Å². The fourth-order valence-corrected chi connectivity index (χ4v) is 3.62. The molecule has 13 nitrogen and oxygen atoms in total. The van der Waals surface area contributed by atoms with Crippen LogP contribution in [0, 0.1) is 5.92 Å². The number of carboxylic acids is 2. The summed E-state index contributed by atoms with van der Waals surface area (Å²) in [6.07, 6.45) is -3.16. The van der Waals surface area contributed by atoms with Crippen LogP contribution in [0.1, 0.15) is 6.92 Å². The normalized spacial score (nSPS) is 24.6. The van der Waals surface area contributed by atoms with Gasteiger partial charge in [0.15, 0.2) is 6.29 Å². The van der Waals surface area contributed by atoms with Crippen LogP contribution in [0.5, 0.6) is 0 Å². The molecule has 3 unspecified atom stereocenters. The number of carbonyl (C=O) groups excluding carboxylic acids is 2. The standard InChI is InChI=1S/C21H39NO12.2Na/c1-14-16(13-32-12-15(23)9-22(10-17(24)25)11-18(26)27)34-21(30-4)20(29-3)19(14)33-8-7-31-6-5-28-2;;/h14-16,19-21,23H,5-13H2,1-4H3,(H,24,25)(H,26,27);;/q;2*+1/p-2/t14-,15?,16?,19-,20?,21+;;/m0../s1. The van der Waals surface area contributed by atoms with Crippen molar-refractivity contribution in [1.29, 1.82) is 0 Å². The minimum atomic E-state index is -1.47. The largest absolute Gasteiger partial charge is 1.00 e. The number of aliphatic carboxylic acids is 2. The summed E-state index contributed by atoms with van der Waals surface area (Å²) < 4.78 is 38.8. The Balaban J connectivity index is 0. The summed E-state index contributed by atoms with van der Waals surface area (Å²) in [5.74, 6) is -3.10. The Morgan fingerprint density at radius 3 is 2.08 bits per heavy atom. The number of methoxy groups -OCH3 is 3. The van der Waals surface area contributed by atoms with E-state index in [1.807, 2.05) is 6.92 Å². The van der Waals surface area contributed by atoms with E-state index in [1.54, 1.807) is 7.11 Å². The predicted molar refractivity (Wildman–Crippen MR) is 111 cm³/mol. The van der Waals surface area contributed by atoms with Gasteiger partial charge in [-0.25, -0.2) is 0 Å². The molecular weight excluding hydrogens is 504 g/mol. The van der Waals surface area contributed by atoms with Crippen molar-refractivity contribution in [2.24, 2.45) is 5.92 Å². The van der Waals surface area contributed by atoms with Gasteiger partial charge < -0.3 is 58.1 Å². The molecule has 0 bridgehead atoms. The summed E-state index contributed by atoms with van der Waals surface area (Å²) in [6, 6.07) is 0. The third-order valence-corrected chi connectivity index (χ3v) is 5.25. The maximum Gasteiger partial charge on any atom is 1.00 e. The summed E-state index contributed by atoms with van der Waals surface area (Å²) in [6.45, 7) is 1.92. The van der Waals surface area contributed by atoms with Crippen LogP contribution in [0.3, 0.4) is 0 Å². The van der Waals surface area contributed by atoms with Crippen LogP contribution in [0.2, 0.25) is 0 Å². The Kier molecular flexibility index (Phi) is 24.1. The number of rotatable bonds is 19. The number of aliphatic hydroxyl groups excluding tert-OH is 1. The first-order valence-corrected chi connectivity index (χ1v) is 11.0. The average molecular weight is 542 g/mol. The Labute approximate surface area is 256 Å². The fourth-order valence-electron chi connectivity index (χ4n) is 3.62. The Morgan fingerprint density at radius 1 is 0.944 bits per heavy atom. The van der Waals surface area contributed by atoms with Crippen molar-refractivity contribution < 1.29 is 117 Å². The third-order valence-electron chi connectivity index (χ3n) is 5.25. The molecule has 1 N–H and O–H groups in total. The van der Waals surface area contributed by atoms with Gasteiger partial charge in [-0.05, 0) is 0 Å². The summed E-state index contributed by atoms with van der Waals surface area (Å²) in [5.41, 5.74) is 0. The zero-order chi connectivity index (χ0) is 25.5. The first kappa shape index (κ1) is 38.7. The molecule has 0 aromatic carbocycles. The third kappa shape index (κ3) is 15.2. The van der Waals surface area contributed by atoms with Crippen LogP contribution < -0.4 is 69.3 Å². The van der Waals surface area contributed by atoms with Crippen molar-refractivity contribution in [2.75, 3.05) is 80.6 Å². The number of carboxylic acid groups (broad SMARTS) is 2. The summed E-state index contributed by atoms with van der Waals surface area (Å²) >= 11 is 0. The van der Waals surface area contributed by atoms with Crippen molar-refractivity contribution in [3.63, 3.8) is 0 Å². The quantitative estimate of drug-likeness (QED) is 0.121. The average Bonchev–Trinajstić information content (AvgIpc) is 2.76. The van der Waals surface area contributed by atoms with Crippen LogP contribution in [0.15, 0.2) is 0 Å². The van der Waals surface area contributed by atoms with Crippen LogP contribution in [0.4, 0.5) is 0 Å². The van der Waals surface area contributed by atoms with Crippen LogP contribution in [-0.2, 0) is 42.7 Å². The van der Waals surface area contributed by atoms with Gasteiger partial charge in [0, 0.05) is 46.9 Å². The topological polar surface area (TPSA) is 168 Å². The number of nitrogens with zero attached hydrogens (tertiary/aromatic N) is 1. The number of carbonyl (C=O) groups is 2. The number of hydrogen-bond acceptors (Lipinski definition) is 13. The molecule has 1 saturated heterocycles. The van der Waals surface area contributed by atoms with E-state index < -0.39 is 49.6 Å². The van der Waals surface area contributed by atoms with Gasteiger partial charge >= 0.3 is 59.1 Å². The molecule has 1 rings (SSSR count). The molecule has 1 fully saturated rings. The molecule has 1 heterocycles. The molecule has 1 aliphatic heterocycles. The van der Waals surface area contributed by atoms with Gasteiger partial charge in [0.25, 0.3) is 0 Å². The summed E-state index contributed by atoms with van der Waals surface area (Å²) in [4.78, 5) is 22.5. The fraction of sp³-hybridized carbons (Fsp3) is 0.905. The molecule has 0 aromatic heterocycles. The van der Waals surface area contributed by atoms with Crippen molar-refractivity contribution in [3.8, 4) is 0 Å². The van der Waals surface area contributed by atoms with Crippen molar-refractivity contribution >= 4 is 11.9 Å². The van der Waals surface area contributed by atoms with E-state index in [0.29, 0.717) is 26.4 Å². The number of aliphatic hydroxyl groups is 1. The minimum absolute atomic E-state index is 0. The SMILES string of the molecule is COCCOCCO[C@@H]1C(OC)[C@H](OC)OC(COCC(O)CN(CC(=O)[O-])CC(=O)[O-])[C@@H]1C.[Na+].[Na+]. The van der Waals surface area contributed by atoms with Crippen LogP contribution in [0.25, 0.3) is 0 Å². The first-order chi connectivity index (χ1) is 16.2. The Bertz CT molecular complexity index is 575. The van der Waals surface area contributed by atoms with Crippen molar-refractivity contribution in [1.82, 2.24) is 4.90 Å². The van der Waals surface area contributed by atoms with Gasteiger partial charge in [0.2, 0.25) is 0 Å². The molecular formula is C21H37NNa2O12. The van der Waals surface area contributed by atoms with Crippen molar-refractivity contribution in [2.45, 2.75) is 37.6 Å². The van der Waals surface area contributed by atoms with Gasteiger partial charge in [-0.15, -0.1) is 0 Å². The van der Waals surface area contributed by atoms with E-state index in [2.05, 4.69) is 0 Å². The summed E-state index contributed by atoms with van der Waals surface area (Å²) in [5, 5.41) is 31.7. The Morgan fingerprint density at radius 2 is 1.56 bits per heavy atom. The molecule has 0 saturated carbocycles. The van der Waals surface area contributed by atoms with Gasteiger partial charge in [-0.2, -0.15) is 0 Å². The van der Waals surface area contributed by atoms with Crippen LogP contribution in [-0.4, -0.2) is 133 Å². The van der Waals surface area contributed by atoms with E-state index in [0.717, 1.165) is 4.90 Å². The Hall–Kier alpha value is 0.580. The molecule has 200 valence electrons.